The fraction of sp³-hybridized carbons (Fsp3) is 0.300. The summed E-state index contributed by atoms with van der Waals surface area (Å²) in [5, 5.41) is 10.9. The quantitative estimate of drug-likeness (QED) is 0.627. The van der Waals surface area contributed by atoms with Gasteiger partial charge in [-0.2, -0.15) is 4.72 Å². The molecule has 0 radical (unpaired) electrons. The Kier molecular flexibility index (Phi) is 4.46. The third-order valence-electron chi connectivity index (χ3n) is 2.69. The minimum absolute atomic E-state index is 0.0319. The molecule has 1 aliphatic rings. The van der Waals surface area contributed by atoms with Gasteiger partial charge in [-0.3, -0.25) is 14.9 Å². The monoisotopic (exact) mass is 396 g/mol. The number of carboxylic acid groups (broad SMARTS) is 1. The molecular formula is C10H9BrN2O6S2. The summed E-state index contributed by atoms with van der Waals surface area (Å²) in [6, 6.07) is -0.0570. The van der Waals surface area contributed by atoms with Crippen LogP contribution in [0.2, 0.25) is 0 Å². The smallest absolute Gasteiger partial charge is 0.345 e. The summed E-state index contributed by atoms with van der Waals surface area (Å²) in [6.07, 6.45) is 0.0849. The molecule has 2 rings (SSSR count). The lowest BCUT2D eigenvalue weighted by atomic mass is 10.1. The van der Waals surface area contributed by atoms with Gasteiger partial charge in [0.15, 0.2) is 0 Å². The van der Waals surface area contributed by atoms with Crippen LogP contribution in [-0.4, -0.2) is 37.3 Å². The van der Waals surface area contributed by atoms with Gasteiger partial charge in [-0.25, -0.2) is 13.2 Å². The van der Waals surface area contributed by atoms with Crippen molar-refractivity contribution in [1.29, 1.82) is 0 Å². The first kappa shape index (κ1) is 16.1. The summed E-state index contributed by atoms with van der Waals surface area (Å²) in [4.78, 5) is 33.0. The van der Waals surface area contributed by atoms with Crippen LogP contribution in [0.1, 0.15) is 22.5 Å². The lowest BCUT2D eigenvalue weighted by Crippen LogP contribution is -2.52. The van der Waals surface area contributed by atoms with E-state index in [1.165, 1.54) is 0 Å². The number of halogens is 1. The Labute approximate surface area is 131 Å². The van der Waals surface area contributed by atoms with Crippen molar-refractivity contribution in [3.8, 4) is 0 Å². The van der Waals surface area contributed by atoms with Crippen LogP contribution in [0, 0.1) is 0 Å². The zero-order chi connectivity index (χ0) is 15.8. The zero-order valence-electron chi connectivity index (χ0n) is 10.3. The number of hydrogen-bond acceptors (Lipinski definition) is 6. The second-order valence-corrected chi connectivity index (χ2v) is 8.23. The summed E-state index contributed by atoms with van der Waals surface area (Å²) in [5.41, 5.74) is 0. The average Bonchev–Trinajstić information content (AvgIpc) is 2.76. The Morgan fingerprint density at radius 2 is 2.14 bits per heavy atom. The van der Waals surface area contributed by atoms with Crippen molar-refractivity contribution in [2.45, 2.75) is 23.8 Å². The van der Waals surface area contributed by atoms with Crippen LogP contribution in [0.4, 0.5) is 0 Å². The average molecular weight is 397 g/mol. The molecule has 114 valence electrons. The van der Waals surface area contributed by atoms with E-state index in [4.69, 9.17) is 5.11 Å². The van der Waals surface area contributed by atoms with Gasteiger partial charge in [-0.15, -0.1) is 11.3 Å². The van der Waals surface area contributed by atoms with E-state index in [-0.39, 0.29) is 26.4 Å². The number of thiophene rings is 1. The van der Waals surface area contributed by atoms with Crippen molar-refractivity contribution in [3.63, 3.8) is 0 Å². The maximum absolute atomic E-state index is 12.2. The molecule has 1 aliphatic heterocycles. The minimum Gasteiger partial charge on any atom is -0.477 e. The third kappa shape index (κ3) is 3.48. The standard InChI is InChI=1S/C10H9BrN2O6S2/c11-8-6(3-5(20-8)10(16)17)21(18,19)13-4-1-2-7(14)12-9(4)15/h3-4,13H,1-2H2,(H,16,17)(H,12,14,15). The van der Waals surface area contributed by atoms with Crippen LogP contribution in [0.15, 0.2) is 14.7 Å². The van der Waals surface area contributed by atoms with E-state index in [0.29, 0.717) is 0 Å². The van der Waals surface area contributed by atoms with Crippen molar-refractivity contribution in [2.24, 2.45) is 0 Å². The Morgan fingerprint density at radius 1 is 1.48 bits per heavy atom. The number of carbonyl (C=O) groups excluding carboxylic acids is 2. The SMILES string of the molecule is O=C1CCC(NS(=O)(=O)c2cc(C(=O)O)sc2Br)C(=O)N1. The van der Waals surface area contributed by atoms with E-state index in [0.717, 1.165) is 17.4 Å². The van der Waals surface area contributed by atoms with Gasteiger partial charge in [0.2, 0.25) is 21.8 Å². The Morgan fingerprint density at radius 3 is 2.67 bits per heavy atom. The third-order valence-corrected chi connectivity index (χ3v) is 6.40. The van der Waals surface area contributed by atoms with Crippen LogP contribution in [-0.2, 0) is 19.6 Å². The number of nitrogens with one attached hydrogen (secondary N) is 2. The lowest BCUT2D eigenvalue weighted by molar-refractivity contribution is -0.134. The van der Waals surface area contributed by atoms with E-state index < -0.39 is 33.8 Å². The molecule has 1 saturated heterocycles. The minimum atomic E-state index is -4.08. The topological polar surface area (TPSA) is 130 Å². The molecule has 1 aromatic rings. The van der Waals surface area contributed by atoms with Crippen molar-refractivity contribution in [3.05, 3.63) is 14.7 Å². The van der Waals surface area contributed by atoms with E-state index in [1.54, 1.807) is 0 Å². The molecule has 21 heavy (non-hydrogen) atoms. The van der Waals surface area contributed by atoms with Crippen molar-refractivity contribution in [1.82, 2.24) is 10.0 Å². The molecule has 3 N–H and O–H groups in total. The van der Waals surface area contributed by atoms with E-state index in [1.807, 2.05) is 5.32 Å². The van der Waals surface area contributed by atoms with Gasteiger partial charge in [0, 0.05) is 6.42 Å². The van der Waals surface area contributed by atoms with Crippen molar-refractivity contribution in [2.75, 3.05) is 0 Å². The van der Waals surface area contributed by atoms with Gasteiger partial charge in [0.05, 0.1) is 3.79 Å². The summed E-state index contributed by atoms with van der Waals surface area (Å²) in [6.45, 7) is 0. The molecule has 1 atom stereocenters. The summed E-state index contributed by atoms with van der Waals surface area (Å²) in [5.74, 6) is -2.43. The maximum Gasteiger partial charge on any atom is 0.345 e. The molecular weight excluding hydrogens is 388 g/mol. The van der Waals surface area contributed by atoms with Gasteiger partial charge in [-0.05, 0) is 28.4 Å². The Hall–Kier alpha value is -1.30. The maximum atomic E-state index is 12.2. The van der Waals surface area contributed by atoms with E-state index in [2.05, 4.69) is 20.7 Å². The highest BCUT2D eigenvalue weighted by atomic mass is 79.9. The van der Waals surface area contributed by atoms with Crippen LogP contribution < -0.4 is 10.0 Å². The number of carboxylic acids is 1. The molecule has 1 aromatic heterocycles. The normalized spacial score (nSPS) is 19.4. The Balaban J connectivity index is 2.24. The molecule has 8 nitrogen and oxygen atoms in total. The number of sulfonamides is 1. The first-order valence-corrected chi connectivity index (χ1v) is 8.68. The van der Waals surface area contributed by atoms with Crippen LogP contribution in [0.3, 0.4) is 0 Å². The predicted octanol–water partition coefficient (Wildman–Crippen LogP) is 0.292. The first-order chi connectivity index (χ1) is 9.70. The molecule has 1 fully saturated rings. The van der Waals surface area contributed by atoms with Crippen LogP contribution >= 0.6 is 27.3 Å². The molecule has 2 amide bonds. The van der Waals surface area contributed by atoms with Crippen molar-refractivity contribution < 1.29 is 27.9 Å². The van der Waals surface area contributed by atoms with Crippen LogP contribution in [0.5, 0.6) is 0 Å². The summed E-state index contributed by atoms with van der Waals surface area (Å²) >= 11 is 3.75. The number of amides is 2. The largest absolute Gasteiger partial charge is 0.477 e. The molecule has 0 spiro atoms. The zero-order valence-corrected chi connectivity index (χ0v) is 13.5. The van der Waals surface area contributed by atoms with Gasteiger partial charge in [0.1, 0.15) is 15.8 Å². The molecule has 0 aliphatic carbocycles. The fourth-order valence-corrected chi connectivity index (χ4v) is 5.33. The molecule has 0 bridgehead atoms. The fourth-order valence-electron chi connectivity index (χ4n) is 1.70. The highest BCUT2D eigenvalue weighted by molar-refractivity contribution is 9.11. The van der Waals surface area contributed by atoms with Gasteiger partial charge >= 0.3 is 5.97 Å². The second-order valence-electron chi connectivity index (χ2n) is 4.18. The second kappa shape index (κ2) is 5.83. The first-order valence-electron chi connectivity index (χ1n) is 5.59. The number of carbonyl (C=O) groups is 3. The summed E-state index contributed by atoms with van der Waals surface area (Å²) in [7, 11) is -4.08. The molecule has 1 unspecified atom stereocenters. The van der Waals surface area contributed by atoms with E-state index >= 15 is 0 Å². The number of imide groups is 1. The van der Waals surface area contributed by atoms with E-state index in [9.17, 15) is 22.8 Å². The lowest BCUT2D eigenvalue weighted by Gasteiger charge is -2.21. The van der Waals surface area contributed by atoms with Crippen LogP contribution in [0.25, 0.3) is 0 Å². The predicted molar refractivity (Wildman–Crippen MR) is 75.5 cm³/mol. The number of hydrogen-bond donors (Lipinski definition) is 3. The van der Waals surface area contributed by atoms with Gasteiger partial charge < -0.3 is 5.11 Å². The van der Waals surface area contributed by atoms with Crippen molar-refractivity contribution >= 4 is 55.1 Å². The number of aromatic carboxylic acids is 1. The highest BCUT2D eigenvalue weighted by Crippen LogP contribution is 2.32. The highest BCUT2D eigenvalue weighted by Gasteiger charge is 2.32. The number of piperidine rings is 1. The van der Waals surface area contributed by atoms with Gasteiger partial charge in [0.25, 0.3) is 0 Å². The molecule has 2 heterocycles. The Bertz CT molecular complexity index is 726. The molecule has 11 heteroatoms. The number of rotatable bonds is 4. The van der Waals surface area contributed by atoms with Gasteiger partial charge in [-0.1, -0.05) is 0 Å². The molecule has 0 aromatic carbocycles. The summed E-state index contributed by atoms with van der Waals surface area (Å²) < 4.78 is 26.7. The molecule has 0 saturated carbocycles.